The van der Waals surface area contributed by atoms with Gasteiger partial charge in [-0.25, -0.2) is 14.4 Å². The van der Waals surface area contributed by atoms with E-state index >= 15 is 0 Å². The normalized spacial score (nSPS) is 11.8. The van der Waals surface area contributed by atoms with Crippen LogP contribution in [-0.4, -0.2) is 55.6 Å². The highest BCUT2D eigenvalue weighted by Crippen LogP contribution is 2.13. The van der Waals surface area contributed by atoms with E-state index in [2.05, 4.69) is 16.0 Å². The lowest BCUT2D eigenvalue weighted by Gasteiger charge is -2.19. The predicted molar refractivity (Wildman–Crippen MR) is 156 cm³/mol. The first kappa shape index (κ1) is 32.3. The summed E-state index contributed by atoms with van der Waals surface area (Å²) in [7, 11) is 1.20. The molecule has 0 radical (unpaired) electrons. The zero-order valence-corrected chi connectivity index (χ0v) is 24.0. The van der Waals surface area contributed by atoms with Crippen molar-refractivity contribution >= 4 is 29.8 Å². The molecule has 3 N–H and O–H groups in total. The first-order valence-corrected chi connectivity index (χ1v) is 13.6. The van der Waals surface area contributed by atoms with Gasteiger partial charge in [-0.3, -0.25) is 9.59 Å². The van der Waals surface area contributed by atoms with Gasteiger partial charge in [-0.15, -0.1) is 0 Å². The van der Waals surface area contributed by atoms with Gasteiger partial charge in [0.2, 0.25) is 11.8 Å². The van der Waals surface area contributed by atoms with Crippen LogP contribution in [0, 0.1) is 0 Å². The maximum absolute atomic E-state index is 12.8. The van der Waals surface area contributed by atoms with E-state index in [4.69, 9.17) is 14.2 Å². The van der Waals surface area contributed by atoms with Gasteiger partial charge in [-0.1, -0.05) is 84.9 Å². The molecular formula is C32H35N3O8. The fourth-order valence-corrected chi connectivity index (χ4v) is 4.13. The molecule has 3 aromatic carbocycles. The van der Waals surface area contributed by atoms with Gasteiger partial charge in [-0.05, 0) is 22.3 Å². The van der Waals surface area contributed by atoms with Gasteiger partial charge >= 0.3 is 18.0 Å². The molecule has 0 fully saturated rings. The lowest BCUT2D eigenvalue weighted by Crippen LogP contribution is -2.47. The molecule has 0 bridgehead atoms. The molecule has 0 heterocycles. The minimum atomic E-state index is -1.04. The minimum Gasteiger partial charge on any atom is -0.467 e. The zero-order chi connectivity index (χ0) is 31.0. The van der Waals surface area contributed by atoms with E-state index in [1.54, 1.807) is 36.4 Å². The Balaban J connectivity index is 1.57. The number of carbonyl (C=O) groups excluding carboxylic acids is 5. The molecule has 226 valence electrons. The van der Waals surface area contributed by atoms with Crippen molar-refractivity contribution < 1.29 is 38.2 Å². The molecule has 11 heteroatoms. The van der Waals surface area contributed by atoms with E-state index in [-0.39, 0.29) is 32.0 Å². The molecule has 0 saturated heterocycles. The average molecular weight is 590 g/mol. The molecule has 0 saturated carbocycles. The number of alkyl carbamates (subject to hydrolysis) is 1. The molecule has 2 atom stereocenters. The van der Waals surface area contributed by atoms with Crippen molar-refractivity contribution in [1.82, 2.24) is 16.0 Å². The van der Waals surface area contributed by atoms with Crippen molar-refractivity contribution in [3.63, 3.8) is 0 Å². The second-order valence-electron chi connectivity index (χ2n) is 9.63. The van der Waals surface area contributed by atoms with Crippen molar-refractivity contribution in [1.29, 1.82) is 0 Å². The Morgan fingerprint density at radius 1 is 0.651 bits per heavy atom. The smallest absolute Gasteiger partial charge is 0.407 e. The third-order valence-corrected chi connectivity index (χ3v) is 6.18. The summed E-state index contributed by atoms with van der Waals surface area (Å²) in [5, 5.41) is 7.55. The van der Waals surface area contributed by atoms with Crippen LogP contribution >= 0.6 is 0 Å². The van der Waals surface area contributed by atoms with E-state index in [0.717, 1.165) is 11.1 Å². The number of hydrogen-bond acceptors (Lipinski definition) is 8. The van der Waals surface area contributed by atoms with Crippen LogP contribution in [0.25, 0.3) is 0 Å². The van der Waals surface area contributed by atoms with Crippen LogP contribution < -0.4 is 16.0 Å². The minimum absolute atomic E-state index is 0.0446. The lowest BCUT2D eigenvalue weighted by molar-refractivity contribution is -0.149. The molecule has 3 rings (SSSR count). The van der Waals surface area contributed by atoms with Crippen molar-refractivity contribution in [2.24, 2.45) is 0 Å². The number of esters is 2. The quantitative estimate of drug-likeness (QED) is 0.192. The highest BCUT2D eigenvalue weighted by molar-refractivity contribution is 5.87. The Labute approximate surface area is 249 Å². The first-order valence-electron chi connectivity index (χ1n) is 13.6. The van der Waals surface area contributed by atoms with Crippen LogP contribution in [0.1, 0.15) is 29.2 Å². The maximum Gasteiger partial charge on any atom is 0.407 e. The number of benzene rings is 3. The van der Waals surface area contributed by atoms with E-state index in [1.807, 2.05) is 48.5 Å². The number of ether oxygens (including phenoxy) is 3. The Bertz CT molecular complexity index is 1380. The molecule has 0 spiro atoms. The Morgan fingerprint density at radius 2 is 1.16 bits per heavy atom. The number of amides is 3. The third-order valence-electron chi connectivity index (χ3n) is 6.18. The summed E-state index contributed by atoms with van der Waals surface area (Å²) >= 11 is 0. The summed E-state index contributed by atoms with van der Waals surface area (Å²) < 4.78 is 15.4. The zero-order valence-electron chi connectivity index (χ0n) is 24.0. The van der Waals surface area contributed by atoms with Gasteiger partial charge in [0.25, 0.3) is 0 Å². The standard InChI is InChI=1S/C32H35N3O8/c1-22(36)34-28(31(39)42-20-23-10-5-3-6-11-23)18-26-15-9-14-25(16-26)17-27(30(38)41-2)35-29(37)19-33-32(40)43-21-24-12-7-4-8-13-24/h3-16,27-28H,17-21H2,1-2H3,(H,33,40)(H,34,36)(H,35,37)/t27-,28-/m0/s1. The number of rotatable bonds is 14. The van der Waals surface area contributed by atoms with Gasteiger partial charge in [0.15, 0.2) is 0 Å². The van der Waals surface area contributed by atoms with E-state index in [1.165, 1.54) is 14.0 Å². The first-order chi connectivity index (χ1) is 20.7. The molecule has 0 unspecified atom stereocenters. The number of hydrogen-bond donors (Lipinski definition) is 3. The summed E-state index contributed by atoms with van der Waals surface area (Å²) in [6.45, 7) is 1.01. The summed E-state index contributed by atoms with van der Waals surface area (Å²) in [6.07, 6.45) is -0.559. The van der Waals surface area contributed by atoms with Crippen LogP contribution in [0.15, 0.2) is 84.9 Å². The number of carbonyl (C=O) groups is 5. The topological polar surface area (TPSA) is 149 Å². The molecular weight excluding hydrogens is 554 g/mol. The van der Waals surface area contributed by atoms with Crippen molar-refractivity contribution in [3.8, 4) is 0 Å². The van der Waals surface area contributed by atoms with E-state index in [0.29, 0.717) is 11.1 Å². The molecule has 3 aromatic rings. The molecule has 3 amide bonds. The number of nitrogens with one attached hydrogen (secondary N) is 3. The van der Waals surface area contributed by atoms with E-state index < -0.39 is 42.6 Å². The fraction of sp³-hybridized carbons (Fsp3) is 0.281. The average Bonchev–Trinajstić information content (AvgIpc) is 3.01. The van der Waals surface area contributed by atoms with Crippen LogP contribution in [0.3, 0.4) is 0 Å². The maximum atomic E-state index is 12.8. The molecule has 0 aromatic heterocycles. The Hall–Kier alpha value is -5.19. The van der Waals surface area contributed by atoms with E-state index in [9.17, 15) is 24.0 Å². The lowest BCUT2D eigenvalue weighted by atomic mass is 9.99. The summed E-state index contributed by atoms with van der Waals surface area (Å²) in [6, 6.07) is 23.3. The van der Waals surface area contributed by atoms with Crippen molar-refractivity contribution in [2.75, 3.05) is 13.7 Å². The molecule has 43 heavy (non-hydrogen) atoms. The highest BCUT2D eigenvalue weighted by atomic mass is 16.5. The SMILES string of the molecule is COC(=O)[C@H](Cc1cccc(C[C@H](NC(C)=O)C(=O)OCc2ccccc2)c1)NC(=O)CNC(=O)OCc1ccccc1. The summed E-state index contributed by atoms with van der Waals surface area (Å²) in [5.74, 6) is -2.26. The summed E-state index contributed by atoms with van der Waals surface area (Å²) in [4.78, 5) is 61.6. The van der Waals surface area contributed by atoms with Crippen LogP contribution in [-0.2, 0) is 59.4 Å². The monoisotopic (exact) mass is 589 g/mol. The summed E-state index contributed by atoms with van der Waals surface area (Å²) in [5.41, 5.74) is 2.98. The molecule has 0 aliphatic carbocycles. The molecule has 11 nitrogen and oxygen atoms in total. The van der Waals surface area contributed by atoms with Crippen LogP contribution in [0.2, 0.25) is 0 Å². The van der Waals surface area contributed by atoms with Crippen molar-refractivity contribution in [3.05, 3.63) is 107 Å². The Morgan fingerprint density at radius 3 is 1.70 bits per heavy atom. The number of methoxy groups -OCH3 is 1. The molecule has 0 aliphatic rings. The van der Waals surface area contributed by atoms with Gasteiger partial charge in [0.1, 0.15) is 31.8 Å². The second-order valence-corrected chi connectivity index (χ2v) is 9.63. The van der Waals surface area contributed by atoms with Crippen LogP contribution in [0.4, 0.5) is 4.79 Å². The van der Waals surface area contributed by atoms with Gasteiger partial charge in [0, 0.05) is 19.8 Å². The van der Waals surface area contributed by atoms with Gasteiger partial charge in [0.05, 0.1) is 7.11 Å². The predicted octanol–water partition coefficient (Wildman–Crippen LogP) is 2.60. The van der Waals surface area contributed by atoms with Crippen molar-refractivity contribution in [2.45, 2.75) is 45.1 Å². The molecule has 0 aliphatic heterocycles. The Kier molecular flexibility index (Phi) is 12.7. The largest absolute Gasteiger partial charge is 0.467 e. The van der Waals surface area contributed by atoms with Gasteiger partial charge < -0.3 is 30.2 Å². The highest BCUT2D eigenvalue weighted by Gasteiger charge is 2.24. The second kappa shape index (κ2) is 16.9. The van der Waals surface area contributed by atoms with Crippen LogP contribution in [0.5, 0.6) is 0 Å². The fourth-order valence-electron chi connectivity index (χ4n) is 4.13. The van der Waals surface area contributed by atoms with Gasteiger partial charge in [-0.2, -0.15) is 0 Å². The third kappa shape index (κ3) is 11.7.